The molecule has 0 radical (unpaired) electrons. The number of amides is 1. The summed E-state index contributed by atoms with van der Waals surface area (Å²) < 4.78 is 0. The number of halogens is 1. The fourth-order valence-corrected chi connectivity index (χ4v) is 3.99. The Morgan fingerprint density at radius 3 is 2.89 bits per heavy atom. The molecule has 1 atom stereocenters. The van der Waals surface area contributed by atoms with Gasteiger partial charge in [0.1, 0.15) is 5.82 Å². The highest BCUT2D eigenvalue weighted by Crippen LogP contribution is 2.27. The van der Waals surface area contributed by atoms with Gasteiger partial charge in [0.2, 0.25) is 5.91 Å². The lowest BCUT2D eigenvalue weighted by molar-refractivity contribution is -0.120. The Kier molecular flexibility index (Phi) is 5.31. The molecule has 0 spiro atoms. The summed E-state index contributed by atoms with van der Waals surface area (Å²) in [7, 11) is 0. The molecular weight excluding hydrogens is 382 g/mol. The molecule has 1 fully saturated rings. The largest absolute Gasteiger partial charge is 0.355 e. The monoisotopic (exact) mass is 399 g/mol. The zero-order valence-electron chi connectivity index (χ0n) is 14.5. The first kappa shape index (κ1) is 17.9. The van der Waals surface area contributed by atoms with Gasteiger partial charge in [0.05, 0.1) is 17.8 Å². The average Bonchev–Trinajstić information content (AvgIpc) is 3.18. The molecule has 1 unspecified atom stereocenters. The fraction of sp³-hybridized carbons (Fsp3) is 0.263. The quantitative estimate of drug-likeness (QED) is 0.714. The maximum absolute atomic E-state index is 12.7. The maximum Gasteiger partial charge on any atom is 0.231 e. The molecule has 3 heterocycles. The standard InChI is InChI=1S/C19H18ClN5OS/c20-15-5-3-13(4-6-15)16-12-27-19(23-16)24-18(26)14-2-1-9-25(11-14)17-10-21-7-8-22-17/h3-8,10,12,14H,1-2,9,11H2,(H,23,24,26). The number of rotatable bonds is 4. The van der Waals surface area contributed by atoms with Crippen LogP contribution >= 0.6 is 22.9 Å². The highest BCUT2D eigenvalue weighted by Gasteiger charge is 2.27. The third-order valence-corrected chi connectivity index (χ3v) is 5.55. The van der Waals surface area contributed by atoms with Crippen molar-refractivity contribution in [3.63, 3.8) is 0 Å². The molecule has 1 amide bonds. The molecule has 27 heavy (non-hydrogen) atoms. The lowest BCUT2D eigenvalue weighted by Crippen LogP contribution is -2.41. The molecule has 0 bridgehead atoms. The van der Waals surface area contributed by atoms with Gasteiger partial charge in [-0.1, -0.05) is 23.7 Å². The van der Waals surface area contributed by atoms with Gasteiger partial charge >= 0.3 is 0 Å². The molecule has 1 saturated heterocycles. The van der Waals surface area contributed by atoms with Crippen LogP contribution in [0.4, 0.5) is 10.9 Å². The van der Waals surface area contributed by atoms with E-state index in [0.717, 1.165) is 36.5 Å². The van der Waals surface area contributed by atoms with E-state index >= 15 is 0 Å². The molecule has 0 aliphatic carbocycles. The number of hydrogen-bond acceptors (Lipinski definition) is 6. The van der Waals surface area contributed by atoms with E-state index in [1.165, 1.54) is 11.3 Å². The van der Waals surface area contributed by atoms with Crippen LogP contribution in [0.5, 0.6) is 0 Å². The van der Waals surface area contributed by atoms with Crippen molar-refractivity contribution in [3.05, 3.63) is 53.3 Å². The Morgan fingerprint density at radius 1 is 1.26 bits per heavy atom. The molecule has 138 valence electrons. The van der Waals surface area contributed by atoms with E-state index in [9.17, 15) is 4.79 Å². The van der Waals surface area contributed by atoms with Gasteiger partial charge in [-0.3, -0.25) is 9.78 Å². The van der Waals surface area contributed by atoms with E-state index in [-0.39, 0.29) is 11.8 Å². The SMILES string of the molecule is O=C(Nc1nc(-c2ccc(Cl)cc2)cs1)C1CCCN(c2cnccn2)C1. The lowest BCUT2D eigenvalue weighted by Gasteiger charge is -2.32. The lowest BCUT2D eigenvalue weighted by atomic mass is 9.97. The third kappa shape index (κ3) is 4.26. The third-order valence-electron chi connectivity index (χ3n) is 4.54. The summed E-state index contributed by atoms with van der Waals surface area (Å²) in [5.74, 6) is 0.721. The normalized spacial score (nSPS) is 16.9. The Morgan fingerprint density at radius 2 is 2.11 bits per heavy atom. The average molecular weight is 400 g/mol. The molecule has 4 rings (SSSR count). The highest BCUT2D eigenvalue weighted by molar-refractivity contribution is 7.14. The van der Waals surface area contributed by atoms with Crippen molar-refractivity contribution in [2.24, 2.45) is 5.92 Å². The van der Waals surface area contributed by atoms with Gasteiger partial charge < -0.3 is 10.2 Å². The van der Waals surface area contributed by atoms with Crippen molar-refractivity contribution in [3.8, 4) is 11.3 Å². The Balaban J connectivity index is 1.41. The molecule has 0 saturated carbocycles. The summed E-state index contributed by atoms with van der Waals surface area (Å²) in [5, 5.41) is 6.20. The summed E-state index contributed by atoms with van der Waals surface area (Å²) in [6.07, 6.45) is 6.87. The van der Waals surface area contributed by atoms with Crippen molar-refractivity contribution in [2.75, 3.05) is 23.3 Å². The van der Waals surface area contributed by atoms with Crippen molar-refractivity contribution in [2.45, 2.75) is 12.8 Å². The predicted molar refractivity (Wildman–Crippen MR) is 108 cm³/mol. The van der Waals surface area contributed by atoms with Gasteiger partial charge in [0, 0.05) is 41.4 Å². The molecule has 3 aromatic rings. The van der Waals surface area contributed by atoms with Gasteiger partial charge in [0.25, 0.3) is 0 Å². The number of carbonyl (C=O) groups is 1. The molecule has 1 aromatic carbocycles. The second-order valence-electron chi connectivity index (χ2n) is 6.38. The first-order valence-electron chi connectivity index (χ1n) is 8.72. The van der Waals surface area contributed by atoms with Gasteiger partial charge in [-0.25, -0.2) is 9.97 Å². The number of benzene rings is 1. The number of anilines is 2. The maximum atomic E-state index is 12.7. The van der Waals surface area contributed by atoms with Crippen molar-refractivity contribution in [1.29, 1.82) is 0 Å². The molecular formula is C19H18ClN5OS. The predicted octanol–water partition coefficient (Wildman–Crippen LogP) is 4.11. The number of hydrogen-bond donors (Lipinski definition) is 1. The van der Waals surface area contributed by atoms with E-state index in [1.54, 1.807) is 18.6 Å². The molecule has 1 aliphatic rings. The molecule has 6 nitrogen and oxygen atoms in total. The number of nitrogens with one attached hydrogen (secondary N) is 1. The van der Waals surface area contributed by atoms with Crippen molar-refractivity contribution >= 4 is 39.8 Å². The van der Waals surface area contributed by atoms with Crippen LogP contribution in [-0.2, 0) is 4.79 Å². The van der Waals surface area contributed by atoms with Crippen molar-refractivity contribution in [1.82, 2.24) is 15.0 Å². The molecule has 2 aromatic heterocycles. The van der Waals surface area contributed by atoms with Crippen LogP contribution in [0.3, 0.4) is 0 Å². The van der Waals surface area contributed by atoms with Crippen LogP contribution in [0.2, 0.25) is 5.02 Å². The Hall–Kier alpha value is -2.51. The van der Waals surface area contributed by atoms with Crippen LogP contribution in [0, 0.1) is 5.92 Å². The summed E-state index contributed by atoms with van der Waals surface area (Å²) in [4.78, 5) is 27.8. The van der Waals surface area contributed by atoms with Gasteiger partial charge in [-0.2, -0.15) is 0 Å². The molecule has 8 heteroatoms. The number of nitrogens with zero attached hydrogens (tertiary/aromatic N) is 4. The minimum Gasteiger partial charge on any atom is -0.355 e. The highest BCUT2D eigenvalue weighted by atomic mass is 35.5. The van der Waals surface area contributed by atoms with Crippen LogP contribution < -0.4 is 10.2 Å². The number of thiazole rings is 1. The Bertz CT molecular complexity index is 915. The summed E-state index contributed by atoms with van der Waals surface area (Å²) in [6, 6.07) is 7.50. The Labute approximate surface area is 166 Å². The van der Waals surface area contributed by atoms with Crippen LogP contribution in [0.15, 0.2) is 48.2 Å². The summed E-state index contributed by atoms with van der Waals surface area (Å²) >= 11 is 7.35. The summed E-state index contributed by atoms with van der Waals surface area (Å²) in [5.41, 5.74) is 1.81. The van der Waals surface area contributed by atoms with E-state index in [1.807, 2.05) is 29.6 Å². The topological polar surface area (TPSA) is 71.0 Å². The smallest absolute Gasteiger partial charge is 0.231 e. The minimum absolute atomic E-state index is 0.000552. The van der Waals surface area contributed by atoms with Gasteiger partial charge in [-0.05, 0) is 25.0 Å². The number of aromatic nitrogens is 3. The van der Waals surface area contributed by atoms with E-state index in [4.69, 9.17) is 11.6 Å². The van der Waals surface area contributed by atoms with E-state index < -0.39 is 0 Å². The zero-order valence-corrected chi connectivity index (χ0v) is 16.1. The first-order valence-corrected chi connectivity index (χ1v) is 9.98. The van der Waals surface area contributed by atoms with Crippen LogP contribution in [0.25, 0.3) is 11.3 Å². The molecule has 1 aliphatic heterocycles. The first-order chi connectivity index (χ1) is 13.2. The molecule has 1 N–H and O–H groups in total. The van der Waals surface area contributed by atoms with Crippen molar-refractivity contribution < 1.29 is 4.79 Å². The number of piperidine rings is 1. The second-order valence-corrected chi connectivity index (χ2v) is 7.68. The zero-order chi connectivity index (χ0) is 18.6. The van der Waals surface area contributed by atoms with E-state index in [2.05, 4.69) is 25.2 Å². The van der Waals surface area contributed by atoms with Crippen LogP contribution in [0.1, 0.15) is 12.8 Å². The number of carbonyl (C=O) groups excluding carboxylic acids is 1. The van der Waals surface area contributed by atoms with E-state index in [0.29, 0.717) is 16.7 Å². The van der Waals surface area contributed by atoms with Crippen LogP contribution in [-0.4, -0.2) is 33.9 Å². The fourth-order valence-electron chi connectivity index (χ4n) is 3.15. The summed E-state index contributed by atoms with van der Waals surface area (Å²) in [6.45, 7) is 1.53. The minimum atomic E-state index is -0.0939. The van der Waals surface area contributed by atoms with Gasteiger partial charge in [-0.15, -0.1) is 11.3 Å². The second kappa shape index (κ2) is 8.02. The van der Waals surface area contributed by atoms with Gasteiger partial charge in [0.15, 0.2) is 5.13 Å².